The molecule has 0 amide bonds. The fourth-order valence-electron chi connectivity index (χ4n) is 3.18. The van der Waals surface area contributed by atoms with Crippen LogP contribution in [0.15, 0.2) is 0 Å². The molecule has 1 aliphatic carbocycles. The number of hydrogen-bond acceptors (Lipinski definition) is 2. The van der Waals surface area contributed by atoms with Crippen LogP contribution in [0.1, 0.15) is 47.5 Å². The molecule has 1 N–H and O–H groups in total. The van der Waals surface area contributed by atoms with Crippen LogP contribution in [0, 0.1) is 17.3 Å². The van der Waals surface area contributed by atoms with Gasteiger partial charge in [-0.3, -0.25) is 4.90 Å². The molecule has 0 spiro atoms. The predicted molar refractivity (Wildman–Crippen MR) is 74.2 cm³/mol. The molecule has 0 aromatic carbocycles. The molecule has 2 heteroatoms. The maximum atomic E-state index is 3.80. The normalized spacial score (nSPS) is 32.1. The number of piperazine rings is 1. The molecule has 0 radical (unpaired) electrons. The van der Waals surface area contributed by atoms with E-state index in [9.17, 15) is 0 Å². The standard InChI is InChI=1S/C15H30N2/c1-11(2)9-17-10-13(12-6-7-12)16-8-14(17)15(3,4)5/h11-14,16H,6-10H2,1-5H3. The van der Waals surface area contributed by atoms with Crippen LogP contribution in [-0.2, 0) is 0 Å². The van der Waals surface area contributed by atoms with Crippen molar-refractivity contribution in [2.45, 2.75) is 59.5 Å². The molecule has 2 unspecified atom stereocenters. The fraction of sp³-hybridized carbons (Fsp3) is 1.00. The summed E-state index contributed by atoms with van der Waals surface area (Å²) < 4.78 is 0. The topological polar surface area (TPSA) is 15.3 Å². The lowest BCUT2D eigenvalue weighted by molar-refractivity contribution is 0.0424. The van der Waals surface area contributed by atoms with Gasteiger partial charge in [0, 0.05) is 31.7 Å². The van der Waals surface area contributed by atoms with Gasteiger partial charge in [-0.1, -0.05) is 34.6 Å². The Labute approximate surface area is 107 Å². The average molecular weight is 238 g/mol. The van der Waals surface area contributed by atoms with E-state index < -0.39 is 0 Å². The van der Waals surface area contributed by atoms with Crippen LogP contribution < -0.4 is 5.32 Å². The van der Waals surface area contributed by atoms with E-state index in [-0.39, 0.29) is 0 Å². The zero-order chi connectivity index (χ0) is 12.6. The van der Waals surface area contributed by atoms with Crippen molar-refractivity contribution in [2.75, 3.05) is 19.6 Å². The van der Waals surface area contributed by atoms with Crippen molar-refractivity contribution in [3.8, 4) is 0 Å². The van der Waals surface area contributed by atoms with Gasteiger partial charge in [-0.05, 0) is 30.1 Å². The van der Waals surface area contributed by atoms with E-state index in [0.717, 1.165) is 17.9 Å². The first-order chi connectivity index (χ1) is 7.88. The zero-order valence-corrected chi connectivity index (χ0v) is 12.3. The molecule has 17 heavy (non-hydrogen) atoms. The number of rotatable bonds is 3. The Kier molecular flexibility index (Phi) is 3.84. The third-order valence-electron chi connectivity index (χ3n) is 4.24. The Hall–Kier alpha value is -0.0800. The minimum absolute atomic E-state index is 0.385. The van der Waals surface area contributed by atoms with E-state index in [1.807, 2.05) is 0 Å². The quantitative estimate of drug-likeness (QED) is 0.813. The first-order valence-electron chi connectivity index (χ1n) is 7.35. The van der Waals surface area contributed by atoms with E-state index in [1.165, 1.54) is 32.5 Å². The first kappa shape index (κ1) is 13.4. The molecule has 2 rings (SSSR count). The van der Waals surface area contributed by atoms with Crippen LogP contribution >= 0.6 is 0 Å². The van der Waals surface area contributed by atoms with Crippen LogP contribution in [0.3, 0.4) is 0 Å². The Bertz CT molecular complexity index is 250. The summed E-state index contributed by atoms with van der Waals surface area (Å²) in [7, 11) is 0. The summed E-state index contributed by atoms with van der Waals surface area (Å²) in [5.41, 5.74) is 0.385. The van der Waals surface area contributed by atoms with Crippen molar-refractivity contribution >= 4 is 0 Å². The molecule has 2 nitrogen and oxygen atoms in total. The molecule has 2 fully saturated rings. The highest BCUT2D eigenvalue weighted by Crippen LogP contribution is 2.36. The van der Waals surface area contributed by atoms with Gasteiger partial charge in [-0.25, -0.2) is 0 Å². The number of nitrogens with zero attached hydrogens (tertiary/aromatic N) is 1. The van der Waals surface area contributed by atoms with Gasteiger partial charge in [-0.15, -0.1) is 0 Å². The Morgan fingerprint density at radius 3 is 2.35 bits per heavy atom. The van der Waals surface area contributed by atoms with Crippen molar-refractivity contribution in [2.24, 2.45) is 17.3 Å². The summed E-state index contributed by atoms with van der Waals surface area (Å²) in [4.78, 5) is 2.75. The summed E-state index contributed by atoms with van der Waals surface area (Å²) in [6.45, 7) is 15.5. The van der Waals surface area contributed by atoms with E-state index in [4.69, 9.17) is 0 Å². The zero-order valence-electron chi connectivity index (χ0n) is 12.3. The first-order valence-corrected chi connectivity index (χ1v) is 7.35. The summed E-state index contributed by atoms with van der Waals surface area (Å²) in [5.74, 6) is 1.75. The molecule has 1 saturated heterocycles. The SMILES string of the molecule is CC(C)CN1CC(C2CC2)NCC1C(C)(C)C. The van der Waals surface area contributed by atoms with Gasteiger partial charge in [-0.2, -0.15) is 0 Å². The van der Waals surface area contributed by atoms with E-state index in [2.05, 4.69) is 44.8 Å². The summed E-state index contributed by atoms with van der Waals surface area (Å²) in [6.07, 6.45) is 2.90. The molecular weight excluding hydrogens is 208 g/mol. The number of nitrogens with one attached hydrogen (secondary N) is 1. The maximum Gasteiger partial charge on any atom is 0.0269 e. The van der Waals surface area contributed by atoms with E-state index >= 15 is 0 Å². The number of hydrogen-bond donors (Lipinski definition) is 1. The van der Waals surface area contributed by atoms with Gasteiger partial charge >= 0.3 is 0 Å². The molecule has 2 atom stereocenters. The van der Waals surface area contributed by atoms with Crippen LogP contribution in [0.4, 0.5) is 0 Å². The predicted octanol–water partition coefficient (Wildman–Crippen LogP) is 2.74. The smallest absolute Gasteiger partial charge is 0.0269 e. The van der Waals surface area contributed by atoms with Crippen LogP contribution in [0.2, 0.25) is 0 Å². The molecule has 100 valence electrons. The van der Waals surface area contributed by atoms with Gasteiger partial charge in [0.1, 0.15) is 0 Å². The van der Waals surface area contributed by atoms with Gasteiger partial charge in [0.05, 0.1) is 0 Å². The third-order valence-corrected chi connectivity index (χ3v) is 4.24. The highest BCUT2D eigenvalue weighted by molar-refractivity contribution is 4.97. The molecule has 2 aliphatic rings. The average Bonchev–Trinajstić information content (AvgIpc) is 2.97. The molecule has 1 heterocycles. The second kappa shape index (κ2) is 4.89. The largest absolute Gasteiger partial charge is 0.311 e. The third kappa shape index (κ3) is 3.45. The van der Waals surface area contributed by atoms with E-state index in [1.54, 1.807) is 0 Å². The van der Waals surface area contributed by atoms with Crippen LogP contribution in [0.25, 0.3) is 0 Å². The van der Waals surface area contributed by atoms with E-state index in [0.29, 0.717) is 11.5 Å². The van der Waals surface area contributed by atoms with Crippen LogP contribution in [-0.4, -0.2) is 36.6 Å². The van der Waals surface area contributed by atoms with Gasteiger partial charge < -0.3 is 5.32 Å². The molecule has 1 aliphatic heterocycles. The molecule has 0 aromatic heterocycles. The van der Waals surface area contributed by atoms with Crippen molar-refractivity contribution < 1.29 is 0 Å². The Balaban J connectivity index is 2.00. The highest BCUT2D eigenvalue weighted by Gasteiger charge is 2.40. The lowest BCUT2D eigenvalue weighted by atomic mass is 9.83. The molecule has 1 saturated carbocycles. The lowest BCUT2D eigenvalue weighted by Gasteiger charge is -2.47. The summed E-state index contributed by atoms with van der Waals surface area (Å²) in [5, 5.41) is 3.80. The monoisotopic (exact) mass is 238 g/mol. The van der Waals surface area contributed by atoms with Crippen molar-refractivity contribution in [3.05, 3.63) is 0 Å². The molecular formula is C15H30N2. The molecule has 0 aromatic rings. The van der Waals surface area contributed by atoms with Crippen molar-refractivity contribution in [3.63, 3.8) is 0 Å². The van der Waals surface area contributed by atoms with Crippen LogP contribution in [0.5, 0.6) is 0 Å². The minimum Gasteiger partial charge on any atom is -0.311 e. The molecule has 0 bridgehead atoms. The summed E-state index contributed by atoms with van der Waals surface area (Å²) >= 11 is 0. The fourth-order valence-corrected chi connectivity index (χ4v) is 3.18. The lowest BCUT2D eigenvalue weighted by Crippen LogP contribution is -2.61. The van der Waals surface area contributed by atoms with Gasteiger partial charge in [0.15, 0.2) is 0 Å². The van der Waals surface area contributed by atoms with Gasteiger partial charge in [0.2, 0.25) is 0 Å². The van der Waals surface area contributed by atoms with Gasteiger partial charge in [0.25, 0.3) is 0 Å². The van der Waals surface area contributed by atoms with Crippen molar-refractivity contribution in [1.29, 1.82) is 0 Å². The summed E-state index contributed by atoms with van der Waals surface area (Å²) in [6, 6.07) is 1.47. The Morgan fingerprint density at radius 1 is 1.24 bits per heavy atom. The maximum absolute atomic E-state index is 3.80. The second-order valence-corrected chi connectivity index (χ2v) is 7.58. The second-order valence-electron chi connectivity index (χ2n) is 7.58. The minimum atomic E-state index is 0.385. The van der Waals surface area contributed by atoms with Crippen molar-refractivity contribution in [1.82, 2.24) is 10.2 Å². The Morgan fingerprint density at radius 2 is 1.88 bits per heavy atom. The highest BCUT2D eigenvalue weighted by atomic mass is 15.2.